The number of nitrogens with zero attached hydrogens (tertiary/aromatic N) is 3. The summed E-state index contributed by atoms with van der Waals surface area (Å²) in [5.74, 6) is -0.308. The molecule has 0 aliphatic rings. The summed E-state index contributed by atoms with van der Waals surface area (Å²) in [5, 5.41) is 7.75. The Kier molecular flexibility index (Phi) is 5.84. The van der Waals surface area contributed by atoms with Crippen molar-refractivity contribution in [1.29, 1.82) is 0 Å². The molecule has 0 aliphatic carbocycles. The molecule has 0 saturated heterocycles. The molecule has 1 amide bonds. The lowest BCUT2D eigenvalue weighted by molar-refractivity contribution is -0.114. The lowest BCUT2D eigenvalue weighted by Gasteiger charge is -2.06. The molecule has 0 radical (unpaired) electrons. The number of benzene rings is 1. The number of rotatable bonds is 6. The van der Waals surface area contributed by atoms with Crippen LogP contribution in [-0.2, 0) is 22.6 Å². The van der Waals surface area contributed by atoms with Gasteiger partial charge in [-0.05, 0) is 30.2 Å². The van der Waals surface area contributed by atoms with Crippen LogP contribution in [0.1, 0.15) is 41.8 Å². The van der Waals surface area contributed by atoms with Crippen LogP contribution in [0, 0.1) is 5.92 Å². The zero-order valence-electron chi connectivity index (χ0n) is 15.8. The van der Waals surface area contributed by atoms with E-state index < -0.39 is 5.97 Å². The number of carbonyl (C=O) groups excluding carboxylic acids is 2. The molecule has 0 fully saturated rings. The maximum absolute atomic E-state index is 12.2. The first-order chi connectivity index (χ1) is 13.3. The molecular formula is C19H20N4O4S. The van der Waals surface area contributed by atoms with Crippen molar-refractivity contribution in [1.82, 2.24) is 14.6 Å². The van der Waals surface area contributed by atoms with Crippen LogP contribution >= 0.6 is 11.3 Å². The van der Waals surface area contributed by atoms with Gasteiger partial charge in [0.15, 0.2) is 0 Å². The minimum absolute atomic E-state index is 0.116. The molecular weight excluding hydrogens is 380 g/mol. The van der Waals surface area contributed by atoms with Crippen LogP contribution in [-0.4, -0.2) is 26.5 Å². The summed E-state index contributed by atoms with van der Waals surface area (Å²) in [4.78, 5) is 40.3. The molecule has 2 heterocycles. The van der Waals surface area contributed by atoms with Gasteiger partial charge >= 0.3 is 5.97 Å². The van der Waals surface area contributed by atoms with Gasteiger partial charge in [-0.15, -0.1) is 0 Å². The normalized spacial score (nSPS) is 11.0. The molecule has 0 atom stereocenters. The first kappa shape index (κ1) is 19.7. The van der Waals surface area contributed by atoms with Crippen LogP contribution in [0.4, 0.5) is 5.69 Å². The highest BCUT2D eigenvalue weighted by atomic mass is 32.1. The number of nitrogens with one attached hydrogen (secondary N) is 1. The number of aromatic nitrogens is 3. The van der Waals surface area contributed by atoms with E-state index in [1.165, 1.54) is 28.8 Å². The molecule has 0 bridgehead atoms. The summed E-state index contributed by atoms with van der Waals surface area (Å²) < 4.78 is 6.53. The lowest BCUT2D eigenvalue weighted by atomic mass is 10.1. The Morgan fingerprint density at radius 2 is 1.96 bits per heavy atom. The second-order valence-electron chi connectivity index (χ2n) is 6.71. The first-order valence-corrected chi connectivity index (χ1v) is 9.57. The van der Waals surface area contributed by atoms with Crippen LogP contribution in [0.3, 0.4) is 0 Å². The number of anilines is 1. The third-order valence-corrected chi connectivity index (χ3v) is 4.65. The van der Waals surface area contributed by atoms with Gasteiger partial charge in [-0.3, -0.25) is 9.59 Å². The van der Waals surface area contributed by atoms with Crippen LogP contribution in [0.2, 0.25) is 0 Å². The predicted molar refractivity (Wildman–Crippen MR) is 106 cm³/mol. The van der Waals surface area contributed by atoms with E-state index in [0.29, 0.717) is 27.8 Å². The van der Waals surface area contributed by atoms with E-state index in [1.807, 2.05) is 0 Å². The summed E-state index contributed by atoms with van der Waals surface area (Å²) in [7, 11) is 0. The SMILES string of the molecule is CC(=O)Nc1ccc(C(=O)OCc2cc(=O)n3nc(CC(C)C)sc3n2)cc1. The molecule has 0 aliphatic heterocycles. The molecule has 0 saturated carbocycles. The van der Waals surface area contributed by atoms with E-state index in [-0.39, 0.29) is 18.1 Å². The Bertz CT molecular complexity index is 1070. The average molecular weight is 400 g/mol. The van der Waals surface area contributed by atoms with Gasteiger partial charge in [0.2, 0.25) is 10.9 Å². The highest BCUT2D eigenvalue weighted by Crippen LogP contribution is 2.16. The zero-order valence-corrected chi connectivity index (χ0v) is 16.6. The maximum Gasteiger partial charge on any atom is 0.338 e. The summed E-state index contributed by atoms with van der Waals surface area (Å²) in [6, 6.07) is 7.66. The van der Waals surface area contributed by atoms with Gasteiger partial charge in [0.05, 0.1) is 11.3 Å². The topological polar surface area (TPSA) is 103 Å². The number of fused-ring (bicyclic) bond motifs is 1. The second kappa shape index (κ2) is 8.30. The molecule has 8 nitrogen and oxygen atoms in total. The Labute approximate surface area is 165 Å². The third kappa shape index (κ3) is 4.80. The average Bonchev–Trinajstić information content (AvgIpc) is 3.02. The van der Waals surface area contributed by atoms with E-state index in [4.69, 9.17) is 4.74 Å². The fourth-order valence-electron chi connectivity index (χ4n) is 2.52. The van der Waals surface area contributed by atoms with Gasteiger partial charge in [-0.2, -0.15) is 9.61 Å². The van der Waals surface area contributed by atoms with Crippen LogP contribution < -0.4 is 10.9 Å². The Morgan fingerprint density at radius 3 is 2.61 bits per heavy atom. The number of hydrogen-bond donors (Lipinski definition) is 1. The van der Waals surface area contributed by atoms with Crippen LogP contribution in [0.15, 0.2) is 35.1 Å². The molecule has 1 N–H and O–H groups in total. The molecule has 28 heavy (non-hydrogen) atoms. The van der Waals surface area contributed by atoms with Crippen molar-refractivity contribution < 1.29 is 14.3 Å². The highest BCUT2D eigenvalue weighted by molar-refractivity contribution is 7.16. The van der Waals surface area contributed by atoms with Crippen molar-refractivity contribution in [2.24, 2.45) is 5.92 Å². The zero-order chi connectivity index (χ0) is 20.3. The van der Waals surface area contributed by atoms with Crippen molar-refractivity contribution >= 4 is 33.9 Å². The minimum Gasteiger partial charge on any atom is -0.456 e. The van der Waals surface area contributed by atoms with Crippen molar-refractivity contribution in [2.75, 3.05) is 5.32 Å². The summed E-state index contributed by atoms with van der Waals surface area (Å²) in [6.45, 7) is 5.45. The predicted octanol–water partition coefficient (Wildman–Crippen LogP) is 2.66. The van der Waals surface area contributed by atoms with Crippen LogP contribution in [0.25, 0.3) is 4.96 Å². The Morgan fingerprint density at radius 1 is 1.25 bits per heavy atom. The summed E-state index contributed by atoms with van der Waals surface area (Å²) >= 11 is 1.36. The maximum atomic E-state index is 12.2. The summed E-state index contributed by atoms with van der Waals surface area (Å²) in [5.41, 5.74) is 0.991. The molecule has 9 heteroatoms. The van der Waals surface area contributed by atoms with Crippen molar-refractivity contribution in [2.45, 2.75) is 33.8 Å². The largest absolute Gasteiger partial charge is 0.456 e. The quantitative estimate of drug-likeness (QED) is 0.638. The van der Waals surface area contributed by atoms with Gasteiger partial charge in [0.1, 0.15) is 11.6 Å². The summed E-state index contributed by atoms with van der Waals surface area (Å²) in [6.07, 6.45) is 0.770. The number of esters is 1. The van der Waals surface area contributed by atoms with Gasteiger partial charge in [-0.1, -0.05) is 25.2 Å². The smallest absolute Gasteiger partial charge is 0.338 e. The number of hydrogen-bond acceptors (Lipinski definition) is 7. The molecule has 3 rings (SSSR count). The van der Waals surface area contributed by atoms with Crippen molar-refractivity contribution in [3.63, 3.8) is 0 Å². The van der Waals surface area contributed by atoms with Gasteiger partial charge in [0.25, 0.3) is 5.56 Å². The van der Waals surface area contributed by atoms with E-state index in [0.717, 1.165) is 11.4 Å². The fraction of sp³-hybridized carbons (Fsp3) is 0.316. The highest BCUT2D eigenvalue weighted by Gasteiger charge is 2.12. The van der Waals surface area contributed by atoms with Gasteiger partial charge < -0.3 is 10.1 Å². The standard InChI is InChI=1S/C19H20N4O4S/c1-11(2)8-16-22-23-17(25)9-15(21-19(23)28-16)10-27-18(26)13-4-6-14(7-5-13)20-12(3)24/h4-7,9,11H,8,10H2,1-3H3,(H,20,24). The monoisotopic (exact) mass is 400 g/mol. The van der Waals surface area contributed by atoms with E-state index >= 15 is 0 Å². The van der Waals surface area contributed by atoms with Crippen molar-refractivity contribution in [3.8, 4) is 0 Å². The molecule has 0 unspecified atom stereocenters. The van der Waals surface area contributed by atoms with E-state index in [9.17, 15) is 14.4 Å². The Balaban J connectivity index is 1.69. The van der Waals surface area contributed by atoms with Gasteiger partial charge in [0, 0.05) is 25.1 Å². The molecule has 3 aromatic rings. The fourth-order valence-corrected chi connectivity index (χ4v) is 3.65. The molecule has 2 aromatic heterocycles. The third-order valence-electron chi connectivity index (χ3n) is 3.71. The lowest BCUT2D eigenvalue weighted by Crippen LogP contribution is -2.17. The number of ether oxygens (including phenoxy) is 1. The molecule has 0 spiro atoms. The van der Waals surface area contributed by atoms with Crippen LogP contribution in [0.5, 0.6) is 0 Å². The van der Waals surface area contributed by atoms with Gasteiger partial charge in [-0.25, -0.2) is 9.78 Å². The second-order valence-corrected chi connectivity index (χ2v) is 7.75. The Hall–Kier alpha value is -3.07. The number of amides is 1. The first-order valence-electron chi connectivity index (χ1n) is 8.75. The van der Waals surface area contributed by atoms with E-state index in [2.05, 4.69) is 29.2 Å². The number of carbonyl (C=O) groups is 2. The van der Waals surface area contributed by atoms with E-state index in [1.54, 1.807) is 24.3 Å². The molecule has 146 valence electrons. The minimum atomic E-state index is -0.541. The molecule has 1 aromatic carbocycles. The van der Waals surface area contributed by atoms with Crippen molar-refractivity contribution in [3.05, 3.63) is 57.0 Å².